The molecular weight excluding hydrogens is 542 g/mol. The molecule has 3 aromatic carbocycles. The minimum absolute atomic E-state index is 0.261. The Bertz CT molecular complexity index is 1530. The highest BCUT2D eigenvalue weighted by Crippen LogP contribution is 2.61. The number of carbonyl (C=O) groups is 1. The van der Waals surface area contributed by atoms with E-state index in [0.717, 1.165) is 21.3 Å². The molecule has 0 amide bonds. The lowest BCUT2D eigenvalue weighted by Crippen LogP contribution is -2.44. The first-order valence-electron chi connectivity index (χ1n) is 13.4. The molecule has 10 heteroatoms. The molecule has 218 valence electrons. The second kappa shape index (κ2) is 10.7. The topological polar surface area (TPSA) is 129 Å². The molecule has 2 bridgehead atoms. The number of hydrogen-bond acceptors (Lipinski definition) is 9. The number of aliphatic hydroxyl groups is 1. The Balaban J connectivity index is 1.58. The number of nitrogens with zero attached hydrogens (tertiary/aromatic N) is 1. The van der Waals surface area contributed by atoms with Crippen LogP contribution in [-0.2, 0) is 31.3 Å². The predicted molar refractivity (Wildman–Crippen MR) is 149 cm³/mol. The summed E-state index contributed by atoms with van der Waals surface area (Å²) in [6, 6.07) is 24.6. The van der Waals surface area contributed by atoms with Gasteiger partial charge < -0.3 is 39.0 Å². The highest BCUT2D eigenvalue weighted by Gasteiger charge is 2.61. The lowest BCUT2D eigenvalue weighted by molar-refractivity contribution is -0.162. The van der Waals surface area contributed by atoms with Crippen LogP contribution in [0.1, 0.15) is 46.9 Å². The normalized spacial score (nSPS) is 20.8. The molecule has 42 heavy (non-hydrogen) atoms. The van der Waals surface area contributed by atoms with Gasteiger partial charge in [-0.2, -0.15) is 0 Å². The molecule has 4 unspecified atom stereocenters. The zero-order valence-electron chi connectivity index (χ0n) is 23.3. The zero-order chi connectivity index (χ0) is 29.6. The lowest BCUT2D eigenvalue weighted by Gasteiger charge is -2.41. The van der Waals surface area contributed by atoms with Crippen molar-refractivity contribution in [2.75, 3.05) is 14.2 Å². The molecule has 1 aromatic heterocycles. The highest BCUT2D eigenvalue weighted by atomic mass is 16.6. The van der Waals surface area contributed by atoms with Gasteiger partial charge in [-0.05, 0) is 41.0 Å². The van der Waals surface area contributed by atoms with Crippen LogP contribution >= 0.6 is 0 Å². The largest absolute Gasteiger partial charge is 0.497 e. The van der Waals surface area contributed by atoms with Crippen molar-refractivity contribution in [3.05, 3.63) is 107 Å². The fourth-order valence-electron chi connectivity index (χ4n) is 6.13. The molecule has 4 aromatic rings. The van der Waals surface area contributed by atoms with Crippen molar-refractivity contribution in [2.24, 2.45) is 0 Å². The average Bonchev–Trinajstić information content (AvgIpc) is 3.64. The van der Waals surface area contributed by atoms with Crippen LogP contribution in [0.2, 0.25) is 0 Å². The molecule has 0 radical (unpaired) electrons. The molecule has 1 saturated heterocycles. The molecule has 6 rings (SSSR count). The first kappa shape index (κ1) is 27.6. The first-order chi connectivity index (χ1) is 20.3. The van der Waals surface area contributed by atoms with Crippen molar-refractivity contribution >= 4 is 5.97 Å². The Morgan fingerprint density at radius 3 is 1.71 bits per heavy atom. The monoisotopic (exact) mass is 573 g/mol. The fraction of sp³-hybridized carbons (Fsp3) is 0.281. The van der Waals surface area contributed by atoms with Crippen LogP contribution in [0.3, 0.4) is 0 Å². The highest BCUT2D eigenvalue weighted by molar-refractivity contribution is 5.67. The van der Waals surface area contributed by atoms with Gasteiger partial charge >= 0.3 is 5.97 Å². The summed E-state index contributed by atoms with van der Waals surface area (Å²) < 4.78 is 31.0. The van der Waals surface area contributed by atoms with Crippen molar-refractivity contribution < 1.29 is 43.8 Å². The number of aromatic nitrogens is 1. The van der Waals surface area contributed by atoms with Crippen molar-refractivity contribution in [1.82, 2.24) is 4.57 Å². The first-order valence-corrected chi connectivity index (χ1v) is 13.4. The van der Waals surface area contributed by atoms with Gasteiger partial charge in [-0.3, -0.25) is 9.36 Å². The van der Waals surface area contributed by atoms with E-state index in [0.29, 0.717) is 11.5 Å². The molecule has 3 N–H and O–H groups in total. The van der Waals surface area contributed by atoms with Crippen molar-refractivity contribution in [2.45, 2.75) is 43.7 Å². The smallest absolute Gasteiger partial charge is 0.303 e. The van der Waals surface area contributed by atoms with Crippen LogP contribution in [0.15, 0.2) is 78.9 Å². The van der Waals surface area contributed by atoms with E-state index in [2.05, 4.69) is 0 Å². The molecule has 3 heterocycles. The average molecular weight is 574 g/mol. The van der Waals surface area contributed by atoms with Gasteiger partial charge in [0.05, 0.1) is 25.3 Å². The number of rotatable bonds is 9. The van der Waals surface area contributed by atoms with E-state index in [1.807, 2.05) is 78.9 Å². The van der Waals surface area contributed by atoms with Gasteiger partial charge in [-0.25, -0.2) is 0 Å². The van der Waals surface area contributed by atoms with Gasteiger partial charge in [0.1, 0.15) is 42.1 Å². The summed E-state index contributed by atoms with van der Waals surface area (Å²) in [4.78, 5) is 12.3. The van der Waals surface area contributed by atoms with Crippen molar-refractivity contribution in [3.8, 4) is 23.3 Å². The summed E-state index contributed by atoms with van der Waals surface area (Å²) in [6.45, 7) is 0.636. The van der Waals surface area contributed by atoms with Gasteiger partial charge in [0, 0.05) is 6.92 Å². The lowest BCUT2D eigenvalue weighted by atomic mass is 9.79. The standard InChI is InChI=1S/C32H31NO9/c1-18(35)40-28-26-24-25(31(37)33(17-34)30(24)36)27(41-26)29(28)42-32(19-7-5-4-6-8-19,20-9-13-22(38-2)14-10-20)21-11-15-23(39-3)16-12-21/h4-16,26-29,34,36-37H,17H2,1-3H3. The predicted octanol–water partition coefficient (Wildman–Crippen LogP) is 4.30. The molecule has 10 nitrogen and oxygen atoms in total. The van der Waals surface area contributed by atoms with Gasteiger partial charge in [-0.1, -0.05) is 54.6 Å². The third-order valence-corrected chi connectivity index (χ3v) is 8.00. The van der Waals surface area contributed by atoms with Gasteiger partial charge in [-0.15, -0.1) is 0 Å². The Kier molecular flexibility index (Phi) is 7.05. The number of ether oxygens (including phenoxy) is 5. The van der Waals surface area contributed by atoms with Crippen LogP contribution < -0.4 is 9.47 Å². The van der Waals surface area contributed by atoms with E-state index in [4.69, 9.17) is 23.7 Å². The molecule has 1 fully saturated rings. The number of esters is 1. The number of methoxy groups -OCH3 is 2. The van der Waals surface area contributed by atoms with Crippen LogP contribution in [0, 0.1) is 0 Å². The Labute approximate surface area is 242 Å². The van der Waals surface area contributed by atoms with E-state index in [1.165, 1.54) is 6.92 Å². The quantitative estimate of drug-likeness (QED) is 0.198. The van der Waals surface area contributed by atoms with E-state index in [9.17, 15) is 20.1 Å². The van der Waals surface area contributed by atoms with E-state index >= 15 is 0 Å². The number of aromatic hydroxyl groups is 2. The van der Waals surface area contributed by atoms with E-state index in [-0.39, 0.29) is 22.9 Å². The second-order valence-corrected chi connectivity index (χ2v) is 10.2. The molecule has 0 aliphatic carbocycles. The number of fused-ring (bicyclic) bond motifs is 5. The summed E-state index contributed by atoms with van der Waals surface area (Å²) in [6.07, 6.45) is -3.76. The van der Waals surface area contributed by atoms with Crippen LogP contribution in [-0.4, -0.2) is 52.3 Å². The maximum Gasteiger partial charge on any atom is 0.303 e. The Hall–Kier alpha value is -4.51. The van der Waals surface area contributed by atoms with Gasteiger partial charge in [0.15, 0.2) is 6.10 Å². The summed E-state index contributed by atoms with van der Waals surface area (Å²) in [5.74, 6) is 0.0638. The maximum atomic E-state index is 12.3. The van der Waals surface area contributed by atoms with E-state index < -0.39 is 42.7 Å². The SMILES string of the molecule is COc1ccc(C(OC2C3OC(c4c3c(O)n(CO)c4O)C2OC(C)=O)(c2ccccc2)c2ccc(OC)cc2)cc1. The third kappa shape index (κ3) is 4.18. The Morgan fingerprint density at radius 1 is 0.786 bits per heavy atom. The molecule has 2 aliphatic heterocycles. The fourth-order valence-corrected chi connectivity index (χ4v) is 6.13. The van der Waals surface area contributed by atoms with Crippen LogP contribution in [0.5, 0.6) is 23.3 Å². The number of hydrogen-bond donors (Lipinski definition) is 3. The van der Waals surface area contributed by atoms with Crippen LogP contribution in [0.4, 0.5) is 0 Å². The minimum atomic E-state index is -1.27. The van der Waals surface area contributed by atoms with Crippen molar-refractivity contribution in [1.29, 1.82) is 0 Å². The maximum absolute atomic E-state index is 12.3. The minimum Gasteiger partial charge on any atom is -0.497 e. The molecule has 0 saturated carbocycles. The summed E-state index contributed by atoms with van der Waals surface area (Å²) >= 11 is 0. The number of aliphatic hydroxyl groups excluding tert-OH is 1. The summed E-state index contributed by atoms with van der Waals surface area (Å²) in [5, 5.41) is 31.6. The zero-order valence-corrected chi connectivity index (χ0v) is 23.3. The third-order valence-electron chi connectivity index (χ3n) is 8.00. The summed E-state index contributed by atoms with van der Waals surface area (Å²) in [7, 11) is 3.18. The van der Waals surface area contributed by atoms with Crippen LogP contribution in [0.25, 0.3) is 0 Å². The Morgan fingerprint density at radius 2 is 1.26 bits per heavy atom. The number of benzene rings is 3. The summed E-state index contributed by atoms with van der Waals surface area (Å²) in [5.41, 5.74) is 1.57. The second-order valence-electron chi connectivity index (χ2n) is 10.2. The van der Waals surface area contributed by atoms with Gasteiger partial charge in [0.2, 0.25) is 11.8 Å². The molecule has 0 spiro atoms. The molecular formula is C32H31NO9. The van der Waals surface area contributed by atoms with Crippen molar-refractivity contribution in [3.63, 3.8) is 0 Å². The number of carbonyl (C=O) groups excluding carboxylic acids is 1. The molecule has 4 atom stereocenters. The molecule has 2 aliphatic rings. The van der Waals surface area contributed by atoms with Gasteiger partial charge in [0.25, 0.3) is 0 Å². The van der Waals surface area contributed by atoms with E-state index in [1.54, 1.807) is 14.2 Å².